The minimum absolute atomic E-state index is 0.0310. The molecule has 7 nitrogen and oxygen atoms in total. The molecule has 7 heteroatoms. The molecule has 4 rings (SSSR count). The monoisotopic (exact) mass is 317 g/mol. The summed E-state index contributed by atoms with van der Waals surface area (Å²) in [5, 5.41) is 2.85. The van der Waals surface area contributed by atoms with Crippen LogP contribution in [0, 0.1) is 0 Å². The first-order valence-electron chi connectivity index (χ1n) is 8.12. The molecular formula is C16H19N3O4. The average Bonchev–Trinajstić information content (AvgIpc) is 3.22. The van der Waals surface area contributed by atoms with E-state index in [2.05, 4.69) is 5.32 Å². The molecule has 3 saturated heterocycles. The van der Waals surface area contributed by atoms with Crippen LogP contribution in [0.3, 0.4) is 0 Å². The Morgan fingerprint density at radius 2 is 2.00 bits per heavy atom. The molecule has 4 heterocycles. The molecule has 0 aromatic carbocycles. The van der Waals surface area contributed by atoms with Crippen LogP contribution in [0.1, 0.15) is 36.2 Å². The van der Waals surface area contributed by atoms with Crippen molar-refractivity contribution in [1.82, 2.24) is 15.1 Å². The zero-order chi connectivity index (χ0) is 16.0. The highest BCUT2D eigenvalue weighted by atomic mass is 16.3. The van der Waals surface area contributed by atoms with Crippen LogP contribution in [0.5, 0.6) is 0 Å². The first-order chi connectivity index (χ1) is 11.2. The van der Waals surface area contributed by atoms with Gasteiger partial charge < -0.3 is 19.5 Å². The number of piperazine rings is 1. The number of piperidine rings is 1. The van der Waals surface area contributed by atoms with Crippen LogP contribution in [-0.2, 0) is 9.59 Å². The second kappa shape index (κ2) is 5.40. The van der Waals surface area contributed by atoms with Crippen LogP contribution in [0.2, 0.25) is 0 Å². The van der Waals surface area contributed by atoms with E-state index in [0.29, 0.717) is 19.5 Å². The smallest absolute Gasteiger partial charge is 0.287 e. The third-order valence-electron chi connectivity index (χ3n) is 5.07. The van der Waals surface area contributed by atoms with Crippen molar-refractivity contribution in [1.29, 1.82) is 0 Å². The summed E-state index contributed by atoms with van der Waals surface area (Å²) in [6.07, 6.45) is 4.69. The number of nitrogens with one attached hydrogen (secondary N) is 1. The van der Waals surface area contributed by atoms with Gasteiger partial charge in [0.2, 0.25) is 11.8 Å². The van der Waals surface area contributed by atoms with Gasteiger partial charge in [0.25, 0.3) is 5.91 Å². The molecule has 0 spiro atoms. The van der Waals surface area contributed by atoms with E-state index in [9.17, 15) is 14.4 Å². The van der Waals surface area contributed by atoms with Crippen molar-refractivity contribution >= 4 is 17.7 Å². The fraction of sp³-hybridized carbons (Fsp3) is 0.562. The molecule has 3 atom stereocenters. The van der Waals surface area contributed by atoms with Gasteiger partial charge in [-0.05, 0) is 37.8 Å². The molecule has 0 radical (unpaired) electrons. The molecule has 0 aliphatic carbocycles. The highest BCUT2D eigenvalue weighted by molar-refractivity contribution is 5.99. The van der Waals surface area contributed by atoms with Crippen molar-refractivity contribution in [2.45, 2.75) is 43.8 Å². The molecule has 3 amide bonds. The number of hydrogen-bond donors (Lipinski definition) is 1. The van der Waals surface area contributed by atoms with Crippen LogP contribution in [-0.4, -0.2) is 58.7 Å². The molecule has 122 valence electrons. The average molecular weight is 317 g/mol. The molecule has 3 fully saturated rings. The van der Waals surface area contributed by atoms with Crippen molar-refractivity contribution in [3.63, 3.8) is 0 Å². The van der Waals surface area contributed by atoms with Crippen molar-refractivity contribution < 1.29 is 18.8 Å². The fourth-order valence-electron chi connectivity index (χ4n) is 3.96. The van der Waals surface area contributed by atoms with Crippen LogP contribution >= 0.6 is 0 Å². The number of fused-ring (bicyclic) bond motifs is 2. The van der Waals surface area contributed by atoms with E-state index in [1.54, 1.807) is 21.9 Å². The van der Waals surface area contributed by atoms with E-state index < -0.39 is 6.04 Å². The summed E-state index contributed by atoms with van der Waals surface area (Å²) < 4.78 is 5.09. The van der Waals surface area contributed by atoms with Crippen molar-refractivity contribution in [2.24, 2.45) is 0 Å². The van der Waals surface area contributed by atoms with Crippen LogP contribution in [0.25, 0.3) is 0 Å². The first-order valence-corrected chi connectivity index (χ1v) is 8.12. The summed E-state index contributed by atoms with van der Waals surface area (Å²) in [6, 6.07) is 2.00. The Morgan fingerprint density at radius 1 is 1.13 bits per heavy atom. The molecule has 0 unspecified atom stereocenters. The summed E-state index contributed by atoms with van der Waals surface area (Å²) in [4.78, 5) is 41.0. The summed E-state index contributed by atoms with van der Waals surface area (Å²) in [7, 11) is 0. The topological polar surface area (TPSA) is 82.9 Å². The van der Waals surface area contributed by atoms with E-state index in [1.165, 1.54) is 6.26 Å². The summed E-state index contributed by atoms with van der Waals surface area (Å²) >= 11 is 0. The Bertz CT molecular complexity index is 642. The Kier molecular flexibility index (Phi) is 3.36. The predicted molar refractivity (Wildman–Crippen MR) is 79.4 cm³/mol. The molecule has 3 aliphatic rings. The van der Waals surface area contributed by atoms with Gasteiger partial charge >= 0.3 is 0 Å². The Balaban J connectivity index is 1.54. The number of carbonyl (C=O) groups is 3. The highest BCUT2D eigenvalue weighted by Gasteiger charge is 2.52. The van der Waals surface area contributed by atoms with E-state index in [0.717, 1.165) is 19.3 Å². The number of rotatable bonds is 2. The van der Waals surface area contributed by atoms with Gasteiger partial charge in [0.15, 0.2) is 5.76 Å². The minimum Gasteiger partial charge on any atom is -0.459 e. The third kappa shape index (κ3) is 2.22. The second-order valence-electron chi connectivity index (χ2n) is 6.37. The molecule has 1 N–H and O–H groups in total. The molecule has 1 aromatic heterocycles. The number of hydrogen-bond acceptors (Lipinski definition) is 4. The number of carbonyl (C=O) groups excluding carboxylic acids is 3. The molecule has 23 heavy (non-hydrogen) atoms. The predicted octanol–water partition coefficient (Wildman–Crippen LogP) is 0.374. The number of amides is 3. The van der Waals surface area contributed by atoms with Crippen LogP contribution < -0.4 is 5.32 Å². The molecule has 1 aromatic rings. The maximum absolute atomic E-state index is 12.8. The van der Waals surface area contributed by atoms with Gasteiger partial charge in [-0.1, -0.05) is 0 Å². The van der Waals surface area contributed by atoms with Crippen LogP contribution in [0.4, 0.5) is 0 Å². The summed E-state index contributed by atoms with van der Waals surface area (Å²) in [6.45, 7) is 1.15. The number of nitrogens with zero attached hydrogens (tertiary/aromatic N) is 2. The van der Waals surface area contributed by atoms with E-state index in [4.69, 9.17) is 4.42 Å². The SMILES string of the molecule is O=C(N[C@H]1CCN2C(=O)[C@H]3CCCCN3C(=O)[C@H]12)c1ccco1. The second-order valence-corrected chi connectivity index (χ2v) is 6.37. The van der Waals surface area contributed by atoms with Gasteiger partial charge in [0.1, 0.15) is 12.1 Å². The van der Waals surface area contributed by atoms with Gasteiger partial charge in [-0.15, -0.1) is 0 Å². The normalized spacial score (nSPS) is 30.2. The summed E-state index contributed by atoms with van der Waals surface area (Å²) in [5.74, 6) is -0.127. The maximum Gasteiger partial charge on any atom is 0.287 e. The van der Waals surface area contributed by atoms with Gasteiger partial charge in [0, 0.05) is 13.1 Å². The quantitative estimate of drug-likeness (QED) is 0.854. The highest BCUT2D eigenvalue weighted by Crippen LogP contribution is 2.31. The minimum atomic E-state index is -0.573. The van der Waals surface area contributed by atoms with E-state index in [1.807, 2.05) is 0 Å². The van der Waals surface area contributed by atoms with Crippen molar-refractivity contribution in [3.05, 3.63) is 24.2 Å². The lowest BCUT2D eigenvalue weighted by atomic mass is 9.94. The number of furan rings is 1. The lowest BCUT2D eigenvalue weighted by molar-refractivity contribution is -0.161. The Morgan fingerprint density at radius 3 is 2.78 bits per heavy atom. The lowest BCUT2D eigenvalue weighted by Crippen LogP contribution is -2.67. The van der Waals surface area contributed by atoms with Gasteiger partial charge in [-0.3, -0.25) is 14.4 Å². The van der Waals surface area contributed by atoms with Crippen molar-refractivity contribution in [3.8, 4) is 0 Å². The standard InChI is InChI=1S/C16H19N3O4/c20-14(12-5-3-9-23-12)17-10-6-8-19-13(10)16(22)18-7-2-1-4-11(18)15(19)21/h3,5,9-11,13H,1-2,4,6-8H2,(H,17,20)/t10-,11+,13-/m0/s1. The Hall–Kier alpha value is -2.31. The van der Waals surface area contributed by atoms with Crippen LogP contribution in [0.15, 0.2) is 22.8 Å². The largest absolute Gasteiger partial charge is 0.459 e. The molecular weight excluding hydrogens is 298 g/mol. The molecule has 3 aliphatic heterocycles. The van der Waals surface area contributed by atoms with E-state index in [-0.39, 0.29) is 35.6 Å². The third-order valence-corrected chi connectivity index (χ3v) is 5.07. The zero-order valence-corrected chi connectivity index (χ0v) is 12.7. The van der Waals surface area contributed by atoms with Gasteiger partial charge in [-0.2, -0.15) is 0 Å². The molecule has 0 saturated carbocycles. The van der Waals surface area contributed by atoms with Gasteiger partial charge in [0.05, 0.1) is 12.3 Å². The Labute approximate surface area is 133 Å². The van der Waals surface area contributed by atoms with E-state index >= 15 is 0 Å². The zero-order valence-electron chi connectivity index (χ0n) is 12.7. The summed E-state index contributed by atoms with van der Waals surface area (Å²) in [5.41, 5.74) is 0. The fourth-order valence-corrected chi connectivity index (χ4v) is 3.96. The maximum atomic E-state index is 12.8. The lowest BCUT2D eigenvalue weighted by Gasteiger charge is -2.45. The van der Waals surface area contributed by atoms with Gasteiger partial charge in [-0.25, -0.2) is 0 Å². The first kappa shape index (κ1) is 14.3. The molecule has 0 bridgehead atoms. The van der Waals surface area contributed by atoms with Crippen molar-refractivity contribution in [2.75, 3.05) is 13.1 Å².